The van der Waals surface area contributed by atoms with Gasteiger partial charge in [0.05, 0.1) is 6.54 Å². The average Bonchev–Trinajstić information content (AvgIpc) is 2.77. The van der Waals surface area contributed by atoms with Crippen molar-refractivity contribution in [2.45, 2.75) is 32.4 Å². The van der Waals surface area contributed by atoms with Crippen molar-refractivity contribution in [3.63, 3.8) is 0 Å². The number of nitrogens with zero attached hydrogens (tertiary/aromatic N) is 1. The molecule has 110 valence electrons. The first-order valence-corrected chi connectivity index (χ1v) is 5.79. The molecule has 0 aliphatic carbocycles. The van der Waals surface area contributed by atoms with Gasteiger partial charge in [0, 0.05) is 12.5 Å². The zero-order valence-electron chi connectivity index (χ0n) is 10.8. The zero-order chi connectivity index (χ0) is 15.1. The van der Waals surface area contributed by atoms with Crippen molar-refractivity contribution in [1.29, 1.82) is 0 Å². The Labute approximate surface area is 113 Å². The maximum Gasteiger partial charge on any atom is 0.326 e. The largest absolute Gasteiger partial charge is 0.481 e. The predicted octanol–water partition coefficient (Wildman–Crippen LogP) is 0.100. The number of aryl methyl sites for hydroxylation is 1. The first-order chi connectivity index (χ1) is 9.38. The van der Waals surface area contributed by atoms with E-state index in [1.54, 1.807) is 13.0 Å². The Bertz CT molecular complexity index is 498. The average molecular weight is 285 g/mol. The second kappa shape index (κ2) is 7.12. The van der Waals surface area contributed by atoms with Crippen molar-refractivity contribution >= 4 is 18.0 Å². The van der Waals surface area contributed by atoms with E-state index in [1.807, 2.05) is 0 Å². The van der Waals surface area contributed by atoms with Gasteiger partial charge >= 0.3 is 18.0 Å². The lowest BCUT2D eigenvalue weighted by Crippen LogP contribution is -2.46. The van der Waals surface area contributed by atoms with Gasteiger partial charge in [-0.25, -0.2) is 9.59 Å². The quantitative estimate of drug-likeness (QED) is 0.556. The molecule has 0 unspecified atom stereocenters. The lowest BCUT2D eigenvalue weighted by molar-refractivity contribution is -0.140. The number of carbonyl (C=O) groups is 3. The summed E-state index contributed by atoms with van der Waals surface area (Å²) >= 11 is 0. The van der Waals surface area contributed by atoms with Crippen LogP contribution in [0.5, 0.6) is 0 Å². The van der Waals surface area contributed by atoms with Crippen LogP contribution in [0.1, 0.15) is 24.3 Å². The molecular weight excluding hydrogens is 270 g/mol. The SMILES string of the molecule is Cc1cc(CNC(=O)N[C@@H](CCC(=O)O)C(=O)O)no1. The third kappa shape index (κ3) is 5.38. The van der Waals surface area contributed by atoms with E-state index in [2.05, 4.69) is 15.8 Å². The summed E-state index contributed by atoms with van der Waals surface area (Å²) in [5.74, 6) is -1.83. The summed E-state index contributed by atoms with van der Waals surface area (Å²) in [4.78, 5) is 32.7. The molecule has 0 spiro atoms. The Morgan fingerprint density at radius 1 is 1.40 bits per heavy atom. The molecule has 1 atom stereocenters. The van der Waals surface area contributed by atoms with Gasteiger partial charge in [-0.05, 0) is 13.3 Å². The highest BCUT2D eigenvalue weighted by molar-refractivity contribution is 5.82. The van der Waals surface area contributed by atoms with Crippen LogP contribution < -0.4 is 10.6 Å². The number of carbonyl (C=O) groups excluding carboxylic acids is 1. The molecule has 1 aromatic heterocycles. The summed E-state index contributed by atoms with van der Waals surface area (Å²) in [7, 11) is 0. The van der Waals surface area contributed by atoms with Crippen LogP contribution in [0.4, 0.5) is 4.79 Å². The third-order valence-corrected chi connectivity index (χ3v) is 2.36. The van der Waals surface area contributed by atoms with Gasteiger partial charge in [0.25, 0.3) is 0 Å². The summed E-state index contributed by atoms with van der Waals surface area (Å²) in [6.07, 6.45) is -0.541. The minimum absolute atomic E-state index is 0.0778. The molecular formula is C11H15N3O6. The van der Waals surface area contributed by atoms with E-state index in [9.17, 15) is 14.4 Å². The Hall–Kier alpha value is -2.58. The van der Waals surface area contributed by atoms with Gasteiger partial charge in [0.1, 0.15) is 17.5 Å². The number of rotatable bonds is 7. The maximum absolute atomic E-state index is 11.5. The Balaban J connectivity index is 2.41. The normalized spacial score (nSPS) is 11.7. The number of urea groups is 1. The smallest absolute Gasteiger partial charge is 0.326 e. The summed E-state index contributed by atoms with van der Waals surface area (Å²) in [5.41, 5.74) is 0.495. The van der Waals surface area contributed by atoms with Crippen LogP contribution in [0.3, 0.4) is 0 Å². The molecule has 0 bridgehead atoms. The molecule has 1 heterocycles. The summed E-state index contributed by atoms with van der Waals surface area (Å²) in [6, 6.07) is -0.354. The van der Waals surface area contributed by atoms with Gasteiger partial charge in [-0.1, -0.05) is 5.16 Å². The first-order valence-electron chi connectivity index (χ1n) is 5.79. The molecule has 20 heavy (non-hydrogen) atoms. The highest BCUT2D eigenvalue weighted by Gasteiger charge is 2.20. The number of aliphatic carboxylic acids is 2. The predicted molar refractivity (Wildman–Crippen MR) is 64.9 cm³/mol. The van der Waals surface area contributed by atoms with E-state index in [4.69, 9.17) is 14.7 Å². The van der Waals surface area contributed by atoms with Crippen molar-refractivity contribution < 1.29 is 29.1 Å². The number of carboxylic acids is 2. The van der Waals surface area contributed by atoms with Gasteiger partial charge < -0.3 is 25.4 Å². The molecule has 0 saturated heterocycles. The molecule has 0 radical (unpaired) electrons. The van der Waals surface area contributed by atoms with E-state index < -0.39 is 24.0 Å². The molecule has 1 rings (SSSR count). The Morgan fingerprint density at radius 2 is 2.10 bits per heavy atom. The van der Waals surface area contributed by atoms with E-state index in [0.717, 1.165) is 0 Å². The van der Waals surface area contributed by atoms with Crippen LogP contribution in [0, 0.1) is 6.92 Å². The number of hydrogen-bond donors (Lipinski definition) is 4. The molecule has 9 heteroatoms. The molecule has 4 N–H and O–H groups in total. The molecule has 2 amide bonds. The minimum Gasteiger partial charge on any atom is -0.481 e. The first kappa shape index (κ1) is 15.5. The molecule has 1 aromatic rings. The van der Waals surface area contributed by atoms with Gasteiger partial charge in [0.15, 0.2) is 0 Å². The number of nitrogens with one attached hydrogen (secondary N) is 2. The van der Waals surface area contributed by atoms with E-state index in [-0.39, 0.29) is 19.4 Å². The van der Waals surface area contributed by atoms with Crippen LogP contribution in [-0.2, 0) is 16.1 Å². The minimum atomic E-state index is -1.29. The van der Waals surface area contributed by atoms with Crippen LogP contribution in [0.25, 0.3) is 0 Å². The fraction of sp³-hybridized carbons (Fsp3) is 0.455. The number of hydrogen-bond acceptors (Lipinski definition) is 5. The molecule has 0 aliphatic rings. The highest BCUT2D eigenvalue weighted by Crippen LogP contribution is 2.01. The fourth-order valence-electron chi connectivity index (χ4n) is 1.41. The van der Waals surface area contributed by atoms with Crippen molar-refractivity contribution in [3.8, 4) is 0 Å². The monoisotopic (exact) mass is 285 g/mol. The van der Waals surface area contributed by atoms with E-state index >= 15 is 0 Å². The van der Waals surface area contributed by atoms with Crippen molar-refractivity contribution in [1.82, 2.24) is 15.8 Å². The number of aromatic nitrogens is 1. The van der Waals surface area contributed by atoms with Crippen LogP contribution in [-0.4, -0.2) is 39.4 Å². The van der Waals surface area contributed by atoms with Crippen LogP contribution in [0.2, 0.25) is 0 Å². The van der Waals surface area contributed by atoms with E-state index in [0.29, 0.717) is 11.5 Å². The van der Waals surface area contributed by atoms with Crippen LogP contribution >= 0.6 is 0 Å². The van der Waals surface area contributed by atoms with Gasteiger partial charge in [-0.3, -0.25) is 4.79 Å². The van der Waals surface area contributed by atoms with Gasteiger partial charge in [0.2, 0.25) is 0 Å². The number of amides is 2. The molecule has 0 aliphatic heterocycles. The van der Waals surface area contributed by atoms with E-state index in [1.165, 1.54) is 0 Å². The van der Waals surface area contributed by atoms with Gasteiger partial charge in [-0.15, -0.1) is 0 Å². The van der Waals surface area contributed by atoms with Crippen molar-refractivity contribution in [2.75, 3.05) is 0 Å². The standard InChI is InChI=1S/C11H15N3O6/c1-6-4-7(14-20-6)5-12-11(19)13-8(10(17)18)2-3-9(15)16/h4,8H,2-3,5H2,1H3,(H,15,16)(H,17,18)(H2,12,13,19)/t8-/m0/s1. The summed E-state index contributed by atoms with van der Waals surface area (Å²) in [5, 5.41) is 25.6. The second-order valence-electron chi connectivity index (χ2n) is 4.08. The highest BCUT2D eigenvalue weighted by atomic mass is 16.5. The molecule has 9 nitrogen and oxygen atoms in total. The molecule has 0 aromatic carbocycles. The van der Waals surface area contributed by atoms with Gasteiger partial charge in [-0.2, -0.15) is 0 Å². The Kier molecular flexibility index (Phi) is 5.51. The fourth-order valence-corrected chi connectivity index (χ4v) is 1.41. The number of carboxylic acid groups (broad SMARTS) is 2. The van der Waals surface area contributed by atoms with Crippen LogP contribution in [0.15, 0.2) is 10.6 Å². The summed E-state index contributed by atoms with van der Waals surface area (Å²) in [6.45, 7) is 1.78. The van der Waals surface area contributed by atoms with Crippen molar-refractivity contribution in [2.24, 2.45) is 0 Å². The third-order valence-electron chi connectivity index (χ3n) is 2.36. The topological polar surface area (TPSA) is 142 Å². The lowest BCUT2D eigenvalue weighted by Gasteiger charge is -2.13. The Morgan fingerprint density at radius 3 is 2.60 bits per heavy atom. The molecule has 0 fully saturated rings. The van der Waals surface area contributed by atoms with Crippen molar-refractivity contribution in [3.05, 3.63) is 17.5 Å². The second-order valence-corrected chi connectivity index (χ2v) is 4.08. The molecule has 0 saturated carbocycles. The lowest BCUT2D eigenvalue weighted by atomic mass is 10.1. The maximum atomic E-state index is 11.5. The summed E-state index contributed by atoms with van der Waals surface area (Å²) < 4.78 is 4.80. The zero-order valence-corrected chi connectivity index (χ0v) is 10.8.